The third kappa shape index (κ3) is 4.59. The molecule has 0 saturated heterocycles. The van der Waals surface area contributed by atoms with Crippen molar-refractivity contribution in [2.24, 2.45) is 0 Å². The van der Waals surface area contributed by atoms with Gasteiger partial charge < -0.3 is 15.1 Å². The zero-order valence-corrected chi connectivity index (χ0v) is 14.3. The van der Waals surface area contributed by atoms with Crippen LogP contribution >= 0.6 is 0 Å². The highest BCUT2D eigenvalue weighted by atomic mass is 16.2. The van der Waals surface area contributed by atoms with E-state index in [0.717, 1.165) is 12.2 Å². The molecular weight excluding hydrogens is 302 g/mol. The predicted molar refractivity (Wildman–Crippen MR) is 97.4 cm³/mol. The van der Waals surface area contributed by atoms with Crippen LogP contribution in [0.5, 0.6) is 0 Å². The molecule has 0 unspecified atom stereocenters. The van der Waals surface area contributed by atoms with Crippen molar-refractivity contribution < 1.29 is 9.59 Å². The largest absolute Gasteiger partial charge is 0.362 e. The van der Waals surface area contributed by atoms with E-state index in [2.05, 4.69) is 5.32 Å². The predicted octanol–water partition coefficient (Wildman–Crippen LogP) is 2.85. The van der Waals surface area contributed by atoms with Gasteiger partial charge in [0.05, 0.1) is 6.54 Å². The molecule has 0 aliphatic carbocycles. The van der Waals surface area contributed by atoms with Gasteiger partial charge in [-0.25, -0.2) is 0 Å². The lowest BCUT2D eigenvalue weighted by molar-refractivity contribution is -0.115. The van der Waals surface area contributed by atoms with Gasteiger partial charge in [-0.15, -0.1) is 0 Å². The number of hydrogen-bond donors (Lipinski definition) is 1. The molecule has 2 rings (SSSR count). The van der Waals surface area contributed by atoms with Gasteiger partial charge in [-0.05, 0) is 37.3 Å². The average Bonchev–Trinajstić information content (AvgIpc) is 2.59. The van der Waals surface area contributed by atoms with E-state index >= 15 is 0 Å². The molecule has 1 N–H and O–H groups in total. The first-order valence-corrected chi connectivity index (χ1v) is 7.93. The van der Waals surface area contributed by atoms with Crippen LogP contribution in [0.2, 0.25) is 0 Å². The molecule has 0 fully saturated rings. The Morgan fingerprint density at radius 2 is 1.71 bits per heavy atom. The van der Waals surface area contributed by atoms with Crippen LogP contribution in [0.15, 0.2) is 54.6 Å². The Balaban J connectivity index is 2.04. The number of carbonyl (C=O) groups is 2. The van der Waals surface area contributed by atoms with Gasteiger partial charge >= 0.3 is 0 Å². The summed E-state index contributed by atoms with van der Waals surface area (Å²) in [4.78, 5) is 27.8. The lowest BCUT2D eigenvalue weighted by Crippen LogP contribution is -2.33. The molecule has 0 aliphatic heterocycles. The molecule has 0 aliphatic rings. The van der Waals surface area contributed by atoms with Gasteiger partial charge in [0, 0.05) is 37.6 Å². The third-order valence-electron chi connectivity index (χ3n) is 3.64. The van der Waals surface area contributed by atoms with E-state index in [4.69, 9.17) is 0 Å². The lowest BCUT2D eigenvalue weighted by atomic mass is 10.2. The smallest absolute Gasteiger partial charge is 0.253 e. The number of nitrogens with zero attached hydrogens (tertiary/aromatic N) is 2. The zero-order chi connectivity index (χ0) is 17.5. The first kappa shape index (κ1) is 17.5. The van der Waals surface area contributed by atoms with E-state index in [-0.39, 0.29) is 18.4 Å². The highest BCUT2D eigenvalue weighted by Gasteiger charge is 2.12. The number of likely N-dealkylation sites (N-methyl/N-ethyl adjacent to an activating group) is 1. The molecule has 24 heavy (non-hydrogen) atoms. The summed E-state index contributed by atoms with van der Waals surface area (Å²) in [6.45, 7) is 3.00. The minimum absolute atomic E-state index is 0.0921. The van der Waals surface area contributed by atoms with E-state index in [9.17, 15) is 9.59 Å². The van der Waals surface area contributed by atoms with Gasteiger partial charge in [0.15, 0.2) is 0 Å². The highest BCUT2D eigenvalue weighted by Crippen LogP contribution is 2.14. The van der Waals surface area contributed by atoms with Gasteiger partial charge in [0.2, 0.25) is 5.91 Å². The second-order valence-corrected chi connectivity index (χ2v) is 5.68. The third-order valence-corrected chi connectivity index (χ3v) is 3.64. The van der Waals surface area contributed by atoms with E-state index in [1.807, 2.05) is 42.2 Å². The number of carbonyl (C=O) groups excluding carboxylic acids is 2. The molecule has 0 radical (unpaired) electrons. The Morgan fingerprint density at radius 3 is 2.33 bits per heavy atom. The molecule has 0 aromatic heterocycles. The summed E-state index contributed by atoms with van der Waals surface area (Å²) >= 11 is 0. The zero-order valence-electron chi connectivity index (χ0n) is 14.3. The van der Waals surface area contributed by atoms with Crippen molar-refractivity contribution in [3.8, 4) is 0 Å². The van der Waals surface area contributed by atoms with Crippen molar-refractivity contribution in [2.45, 2.75) is 6.92 Å². The van der Waals surface area contributed by atoms with Crippen molar-refractivity contribution in [3.05, 3.63) is 60.2 Å². The summed E-state index contributed by atoms with van der Waals surface area (Å²) in [5.74, 6) is -0.208. The molecule has 0 heterocycles. The van der Waals surface area contributed by atoms with E-state index in [0.29, 0.717) is 11.3 Å². The second-order valence-electron chi connectivity index (χ2n) is 5.68. The fourth-order valence-electron chi connectivity index (χ4n) is 2.39. The van der Waals surface area contributed by atoms with Crippen LogP contribution in [0.1, 0.15) is 17.3 Å². The number of hydrogen-bond acceptors (Lipinski definition) is 3. The van der Waals surface area contributed by atoms with Gasteiger partial charge in [-0.1, -0.05) is 24.3 Å². The second kappa shape index (κ2) is 8.15. The number of benzene rings is 2. The molecule has 5 heteroatoms. The average molecular weight is 325 g/mol. The standard InChI is InChI=1S/C19H23N3O2/c1-4-22(17-11-6-5-7-12-17)14-18(23)20-16-10-8-9-15(13-16)19(24)21(2)3/h5-13H,4,14H2,1-3H3,(H,20,23). The summed E-state index contributed by atoms with van der Waals surface area (Å²) in [7, 11) is 3.40. The van der Waals surface area contributed by atoms with Gasteiger partial charge in [0.25, 0.3) is 5.91 Å². The fraction of sp³-hybridized carbons (Fsp3) is 0.263. The van der Waals surface area contributed by atoms with Crippen molar-refractivity contribution in [1.82, 2.24) is 4.90 Å². The molecule has 2 amide bonds. The summed E-state index contributed by atoms with van der Waals surface area (Å²) in [6.07, 6.45) is 0. The summed E-state index contributed by atoms with van der Waals surface area (Å²) in [6, 6.07) is 16.8. The summed E-state index contributed by atoms with van der Waals surface area (Å²) in [5, 5.41) is 2.86. The number of anilines is 2. The van der Waals surface area contributed by atoms with E-state index < -0.39 is 0 Å². The van der Waals surface area contributed by atoms with Crippen LogP contribution in [-0.2, 0) is 4.79 Å². The van der Waals surface area contributed by atoms with Gasteiger partial charge in [0.1, 0.15) is 0 Å². The maximum Gasteiger partial charge on any atom is 0.253 e. The topological polar surface area (TPSA) is 52.7 Å². The van der Waals surface area contributed by atoms with Crippen LogP contribution in [0.3, 0.4) is 0 Å². The first-order chi connectivity index (χ1) is 11.5. The maximum absolute atomic E-state index is 12.3. The number of amides is 2. The van der Waals surface area contributed by atoms with Gasteiger partial charge in [-0.2, -0.15) is 0 Å². The molecule has 2 aromatic rings. The monoisotopic (exact) mass is 325 g/mol. The van der Waals surface area contributed by atoms with Crippen molar-refractivity contribution in [1.29, 1.82) is 0 Å². The molecule has 0 atom stereocenters. The Labute approximate surface area is 142 Å². The lowest BCUT2D eigenvalue weighted by Gasteiger charge is -2.22. The van der Waals surface area contributed by atoms with E-state index in [1.165, 1.54) is 4.90 Å². The highest BCUT2D eigenvalue weighted by molar-refractivity contribution is 5.98. The maximum atomic E-state index is 12.3. The Hall–Kier alpha value is -2.82. The SMILES string of the molecule is CCN(CC(=O)Nc1cccc(C(=O)N(C)C)c1)c1ccccc1. The molecule has 126 valence electrons. The fourth-order valence-corrected chi connectivity index (χ4v) is 2.39. The van der Waals surface area contributed by atoms with Crippen LogP contribution in [0.25, 0.3) is 0 Å². The number of para-hydroxylation sites is 1. The normalized spacial score (nSPS) is 10.1. The Kier molecular flexibility index (Phi) is 5.95. The number of nitrogens with one attached hydrogen (secondary N) is 1. The first-order valence-electron chi connectivity index (χ1n) is 7.93. The molecule has 0 spiro atoms. The number of rotatable bonds is 6. The van der Waals surface area contributed by atoms with Gasteiger partial charge in [-0.3, -0.25) is 9.59 Å². The molecule has 0 saturated carbocycles. The van der Waals surface area contributed by atoms with Crippen LogP contribution in [-0.4, -0.2) is 43.9 Å². The van der Waals surface area contributed by atoms with Crippen molar-refractivity contribution in [3.63, 3.8) is 0 Å². The minimum atomic E-state index is -0.116. The Bertz CT molecular complexity index is 699. The molecular formula is C19H23N3O2. The molecule has 5 nitrogen and oxygen atoms in total. The minimum Gasteiger partial charge on any atom is -0.362 e. The van der Waals surface area contributed by atoms with Crippen LogP contribution in [0, 0.1) is 0 Å². The van der Waals surface area contributed by atoms with Crippen molar-refractivity contribution in [2.75, 3.05) is 37.4 Å². The molecule has 2 aromatic carbocycles. The van der Waals surface area contributed by atoms with Crippen LogP contribution in [0.4, 0.5) is 11.4 Å². The molecule has 0 bridgehead atoms. The van der Waals surface area contributed by atoms with Crippen LogP contribution < -0.4 is 10.2 Å². The van der Waals surface area contributed by atoms with Crippen molar-refractivity contribution >= 4 is 23.2 Å². The summed E-state index contributed by atoms with van der Waals surface area (Å²) < 4.78 is 0. The van der Waals surface area contributed by atoms with E-state index in [1.54, 1.807) is 38.4 Å². The Morgan fingerprint density at radius 1 is 1.00 bits per heavy atom. The summed E-state index contributed by atoms with van der Waals surface area (Å²) in [5.41, 5.74) is 2.18. The quantitative estimate of drug-likeness (QED) is 0.888.